The first-order chi connectivity index (χ1) is 8.50. The van der Waals surface area contributed by atoms with Gasteiger partial charge < -0.3 is 5.73 Å². The van der Waals surface area contributed by atoms with Crippen molar-refractivity contribution in [1.29, 1.82) is 0 Å². The van der Waals surface area contributed by atoms with E-state index in [0.29, 0.717) is 5.56 Å². The van der Waals surface area contributed by atoms with E-state index in [9.17, 15) is 4.39 Å². The highest BCUT2D eigenvalue weighted by Crippen LogP contribution is 2.29. The molecule has 1 nitrogen and oxygen atoms in total. The highest BCUT2D eigenvalue weighted by molar-refractivity contribution is 6.31. The Labute approximate surface area is 111 Å². The van der Waals surface area contributed by atoms with Crippen LogP contribution in [0.25, 0.3) is 0 Å². The Morgan fingerprint density at radius 2 is 1.83 bits per heavy atom. The van der Waals surface area contributed by atoms with Gasteiger partial charge in [-0.05, 0) is 42.2 Å². The van der Waals surface area contributed by atoms with Crippen LogP contribution in [0, 0.1) is 19.7 Å². The molecule has 94 valence electrons. The number of nitrogens with two attached hydrogens (primary N) is 1. The van der Waals surface area contributed by atoms with Crippen molar-refractivity contribution in [3.63, 3.8) is 0 Å². The molecule has 0 heterocycles. The third kappa shape index (κ3) is 2.40. The Bertz CT molecular complexity index is 581. The molecule has 0 amide bonds. The summed E-state index contributed by atoms with van der Waals surface area (Å²) >= 11 is 5.95. The third-order valence-electron chi connectivity index (χ3n) is 3.21. The van der Waals surface area contributed by atoms with E-state index in [0.717, 1.165) is 11.1 Å². The molecule has 2 N–H and O–H groups in total. The number of aryl methyl sites for hydroxylation is 2. The van der Waals surface area contributed by atoms with Crippen molar-refractivity contribution in [2.75, 3.05) is 0 Å². The van der Waals surface area contributed by atoms with Crippen molar-refractivity contribution in [3.8, 4) is 0 Å². The van der Waals surface area contributed by atoms with Crippen molar-refractivity contribution in [2.45, 2.75) is 19.9 Å². The highest BCUT2D eigenvalue weighted by Gasteiger charge is 2.15. The second kappa shape index (κ2) is 5.09. The fraction of sp³-hybridized carbons (Fsp3) is 0.200. The standard InChI is InChI=1S/C15H15ClFN/c1-9-6-7-11(8-10(9)2)15(18)12-4-3-5-13(17)14(12)16/h3-8,15H,18H2,1-2H3. The van der Waals surface area contributed by atoms with Crippen LogP contribution in [0.3, 0.4) is 0 Å². The fourth-order valence-electron chi connectivity index (χ4n) is 1.90. The molecule has 0 aliphatic heterocycles. The monoisotopic (exact) mass is 263 g/mol. The van der Waals surface area contributed by atoms with Gasteiger partial charge in [0.25, 0.3) is 0 Å². The summed E-state index contributed by atoms with van der Waals surface area (Å²) in [6.45, 7) is 4.07. The normalized spacial score (nSPS) is 12.5. The Hall–Kier alpha value is -1.38. The first-order valence-electron chi connectivity index (χ1n) is 5.77. The molecule has 0 saturated heterocycles. The molecule has 0 aliphatic rings. The summed E-state index contributed by atoms with van der Waals surface area (Å²) in [6, 6.07) is 10.3. The molecule has 0 aliphatic carbocycles. The minimum absolute atomic E-state index is 0.100. The van der Waals surface area contributed by atoms with Crippen molar-refractivity contribution >= 4 is 11.6 Å². The van der Waals surface area contributed by atoms with Crippen molar-refractivity contribution in [2.24, 2.45) is 5.73 Å². The van der Waals surface area contributed by atoms with Gasteiger partial charge in [-0.2, -0.15) is 0 Å². The van der Waals surface area contributed by atoms with Gasteiger partial charge >= 0.3 is 0 Å². The van der Waals surface area contributed by atoms with Crippen molar-refractivity contribution < 1.29 is 4.39 Å². The molecule has 2 rings (SSSR count). The van der Waals surface area contributed by atoms with Crippen LogP contribution in [-0.4, -0.2) is 0 Å². The molecule has 0 fully saturated rings. The van der Waals surface area contributed by atoms with E-state index in [4.69, 9.17) is 17.3 Å². The molecule has 0 bridgehead atoms. The van der Waals surface area contributed by atoms with E-state index in [-0.39, 0.29) is 5.02 Å². The topological polar surface area (TPSA) is 26.0 Å². The average Bonchev–Trinajstić information content (AvgIpc) is 2.35. The molecule has 0 saturated carbocycles. The number of hydrogen-bond acceptors (Lipinski definition) is 1. The predicted molar refractivity (Wildman–Crippen MR) is 73.4 cm³/mol. The number of halogens is 2. The van der Waals surface area contributed by atoms with Gasteiger partial charge in [0.05, 0.1) is 11.1 Å². The van der Waals surface area contributed by atoms with Crippen LogP contribution in [0.5, 0.6) is 0 Å². The quantitative estimate of drug-likeness (QED) is 0.866. The molecule has 1 unspecified atom stereocenters. The minimum Gasteiger partial charge on any atom is -0.320 e. The summed E-state index contributed by atoms with van der Waals surface area (Å²) in [5, 5.41) is 0.100. The third-order valence-corrected chi connectivity index (χ3v) is 3.61. The smallest absolute Gasteiger partial charge is 0.142 e. The Kier molecular flexibility index (Phi) is 3.69. The lowest BCUT2D eigenvalue weighted by atomic mass is 9.96. The lowest BCUT2D eigenvalue weighted by Crippen LogP contribution is -2.13. The Morgan fingerprint density at radius 1 is 1.11 bits per heavy atom. The minimum atomic E-state index is -0.437. The van der Waals surface area contributed by atoms with Gasteiger partial charge in [-0.25, -0.2) is 4.39 Å². The fourth-order valence-corrected chi connectivity index (χ4v) is 2.14. The molecule has 1 atom stereocenters. The summed E-state index contributed by atoms with van der Waals surface area (Å²) in [5.41, 5.74) is 10.1. The van der Waals surface area contributed by atoms with Gasteiger partial charge in [-0.15, -0.1) is 0 Å². The predicted octanol–water partition coefficient (Wildman–Crippen LogP) is 4.14. The molecule has 0 spiro atoms. The molecule has 0 aromatic heterocycles. The van der Waals surface area contributed by atoms with E-state index in [1.807, 2.05) is 32.0 Å². The lowest BCUT2D eigenvalue weighted by Gasteiger charge is -2.15. The van der Waals surface area contributed by atoms with Gasteiger partial charge in [-0.3, -0.25) is 0 Å². The van der Waals surface area contributed by atoms with Crippen LogP contribution >= 0.6 is 11.6 Å². The van der Waals surface area contributed by atoms with Crippen molar-refractivity contribution in [1.82, 2.24) is 0 Å². The maximum atomic E-state index is 13.4. The zero-order valence-electron chi connectivity index (χ0n) is 10.4. The SMILES string of the molecule is Cc1ccc(C(N)c2cccc(F)c2Cl)cc1C. The molecular weight excluding hydrogens is 249 g/mol. The van der Waals surface area contributed by atoms with Crippen LogP contribution in [0.15, 0.2) is 36.4 Å². The molecule has 0 radical (unpaired) electrons. The average molecular weight is 264 g/mol. The molecular formula is C15H15ClFN. The van der Waals surface area contributed by atoms with E-state index in [1.54, 1.807) is 12.1 Å². The van der Waals surface area contributed by atoms with Crippen LogP contribution < -0.4 is 5.73 Å². The number of benzene rings is 2. The molecule has 2 aromatic carbocycles. The van der Waals surface area contributed by atoms with Crippen molar-refractivity contribution in [3.05, 3.63) is 69.5 Å². The highest BCUT2D eigenvalue weighted by atomic mass is 35.5. The van der Waals surface area contributed by atoms with Gasteiger partial charge in [-0.1, -0.05) is 41.9 Å². The zero-order valence-corrected chi connectivity index (χ0v) is 11.1. The van der Waals surface area contributed by atoms with Crippen LogP contribution in [0.4, 0.5) is 4.39 Å². The van der Waals surface area contributed by atoms with Gasteiger partial charge in [0.2, 0.25) is 0 Å². The van der Waals surface area contributed by atoms with E-state index < -0.39 is 11.9 Å². The second-order valence-electron chi connectivity index (χ2n) is 4.46. The first-order valence-corrected chi connectivity index (χ1v) is 6.15. The summed E-state index contributed by atoms with van der Waals surface area (Å²) < 4.78 is 13.4. The van der Waals surface area contributed by atoms with Crippen LogP contribution in [-0.2, 0) is 0 Å². The largest absolute Gasteiger partial charge is 0.320 e. The molecule has 18 heavy (non-hydrogen) atoms. The lowest BCUT2D eigenvalue weighted by molar-refractivity contribution is 0.624. The number of rotatable bonds is 2. The van der Waals surface area contributed by atoms with Gasteiger partial charge in [0.15, 0.2) is 0 Å². The zero-order chi connectivity index (χ0) is 13.3. The first kappa shape index (κ1) is 13.1. The maximum absolute atomic E-state index is 13.4. The van der Waals surface area contributed by atoms with Gasteiger partial charge in [0.1, 0.15) is 5.82 Å². The van der Waals surface area contributed by atoms with Gasteiger partial charge in [0, 0.05) is 0 Å². The maximum Gasteiger partial charge on any atom is 0.142 e. The Morgan fingerprint density at radius 3 is 2.50 bits per heavy atom. The second-order valence-corrected chi connectivity index (χ2v) is 4.84. The number of hydrogen-bond donors (Lipinski definition) is 1. The molecule has 2 aromatic rings. The Balaban J connectivity index is 2.44. The van der Waals surface area contributed by atoms with E-state index in [2.05, 4.69) is 0 Å². The van der Waals surface area contributed by atoms with Crippen LogP contribution in [0.2, 0.25) is 5.02 Å². The summed E-state index contributed by atoms with van der Waals surface area (Å²) in [4.78, 5) is 0. The van der Waals surface area contributed by atoms with E-state index in [1.165, 1.54) is 11.6 Å². The summed E-state index contributed by atoms with van der Waals surface area (Å²) in [5.74, 6) is -0.437. The van der Waals surface area contributed by atoms with E-state index >= 15 is 0 Å². The summed E-state index contributed by atoms with van der Waals surface area (Å²) in [6.07, 6.45) is 0. The van der Waals surface area contributed by atoms with Crippen LogP contribution in [0.1, 0.15) is 28.3 Å². The summed E-state index contributed by atoms with van der Waals surface area (Å²) in [7, 11) is 0. The molecule has 3 heteroatoms.